The van der Waals surface area contributed by atoms with Gasteiger partial charge in [0.05, 0.1) is 11.6 Å². The first-order chi connectivity index (χ1) is 8.63. The number of ether oxygens (including phenoxy) is 1. The summed E-state index contributed by atoms with van der Waals surface area (Å²) in [6, 6.07) is 5.30. The minimum Gasteiger partial charge on any atom is -0.492 e. The van der Waals surface area contributed by atoms with E-state index in [2.05, 4.69) is 18.9 Å². The molecule has 0 spiro atoms. The smallest absolute Gasteiger partial charge is 0.137 e. The predicted octanol–water partition coefficient (Wildman–Crippen LogP) is 4.49. The van der Waals surface area contributed by atoms with Crippen molar-refractivity contribution >= 4 is 23.2 Å². The maximum absolute atomic E-state index is 6.02. The lowest BCUT2D eigenvalue weighted by molar-refractivity contribution is 0.261. The normalized spacial score (nSPS) is 10.9. The van der Waals surface area contributed by atoms with Gasteiger partial charge in [0.2, 0.25) is 0 Å². The number of nitrogens with zero attached hydrogens (tertiary/aromatic N) is 1. The molecule has 0 radical (unpaired) electrons. The number of hydrogen-bond donors (Lipinski definition) is 0. The topological polar surface area (TPSA) is 12.5 Å². The second-order valence-electron chi connectivity index (χ2n) is 4.43. The lowest BCUT2D eigenvalue weighted by Gasteiger charge is -2.16. The van der Waals surface area contributed by atoms with Crippen molar-refractivity contribution in [1.29, 1.82) is 0 Å². The summed E-state index contributed by atoms with van der Waals surface area (Å²) in [6.07, 6.45) is 3.49. The third-order valence-corrected chi connectivity index (χ3v) is 3.26. The van der Waals surface area contributed by atoms with Gasteiger partial charge in [-0.1, -0.05) is 36.5 Å². The highest BCUT2D eigenvalue weighted by molar-refractivity contribution is 6.35. The fourth-order valence-corrected chi connectivity index (χ4v) is 2.11. The summed E-state index contributed by atoms with van der Waals surface area (Å²) < 4.78 is 5.63. The number of hydrogen-bond acceptors (Lipinski definition) is 2. The molecule has 1 rings (SSSR count). The molecule has 0 amide bonds. The Morgan fingerprint density at radius 3 is 2.56 bits per heavy atom. The van der Waals surface area contributed by atoms with E-state index < -0.39 is 0 Å². The van der Waals surface area contributed by atoms with Crippen LogP contribution < -0.4 is 4.74 Å². The number of halogens is 2. The van der Waals surface area contributed by atoms with E-state index in [0.717, 1.165) is 19.5 Å². The van der Waals surface area contributed by atoms with Crippen molar-refractivity contribution < 1.29 is 4.74 Å². The van der Waals surface area contributed by atoms with Crippen LogP contribution in [0.4, 0.5) is 0 Å². The summed E-state index contributed by atoms with van der Waals surface area (Å²) in [5, 5.41) is 1.20. The number of rotatable bonds is 8. The Kier molecular flexibility index (Phi) is 7.48. The van der Waals surface area contributed by atoms with Gasteiger partial charge in [0.25, 0.3) is 0 Å². The van der Waals surface area contributed by atoms with Crippen LogP contribution in [0.1, 0.15) is 26.2 Å². The Bertz CT molecular complexity index is 358. The van der Waals surface area contributed by atoms with E-state index in [4.69, 9.17) is 27.9 Å². The first-order valence-electron chi connectivity index (χ1n) is 6.40. The molecule has 0 bridgehead atoms. The maximum Gasteiger partial charge on any atom is 0.137 e. The molecule has 4 heteroatoms. The van der Waals surface area contributed by atoms with Gasteiger partial charge in [0, 0.05) is 11.6 Å². The molecular weight excluding hydrogens is 269 g/mol. The summed E-state index contributed by atoms with van der Waals surface area (Å²) >= 11 is 11.8. The van der Waals surface area contributed by atoms with Crippen LogP contribution in [0.15, 0.2) is 18.2 Å². The summed E-state index contributed by atoms with van der Waals surface area (Å²) in [4.78, 5) is 2.33. The molecule has 102 valence electrons. The lowest BCUT2D eigenvalue weighted by atomic mass is 10.3. The zero-order chi connectivity index (χ0) is 13.4. The minimum absolute atomic E-state index is 0.571. The summed E-state index contributed by atoms with van der Waals surface area (Å²) in [6.45, 7) is 5.08. The van der Waals surface area contributed by atoms with Crippen molar-refractivity contribution in [1.82, 2.24) is 4.90 Å². The SMILES string of the molecule is CCCCN(C)CCCOc1ccc(Cl)cc1Cl. The van der Waals surface area contributed by atoms with Crippen LogP contribution in [0.25, 0.3) is 0 Å². The van der Waals surface area contributed by atoms with Crippen molar-refractivity contribution in [2.24, 2.45) is 0 Å². The highest BCUT2D eigenvalue weighted by Gasteiger charge is 2.02. The highest BCUT2D eigenvalue weighted by Crippen LogP contribution is 2.27. The molecule has 0 unspecified atom stereocenters. The molecule has 0 saturated heterocycles. The number of benzene rings is 1. The second-order valence-corrected chi connectivity index (χ2v) is 5.28. The van der Waals surface area contributed by atoms with Crippen molar-refractivity contribution in [2.75, 3.05) is 26.7 Å². The fourth-order valence-electron chi connectivity index (χ4n) is 1.65. The fraction of sp³-hybridized carbons (Fsp3) is 0.571. The van der Waals surface area contributed by atoms with E-state index in [1.165, 1.54) is 12.8 Å². The van der Waals surface area contributed by atoms with Gasteiger partial charge in [0.15, 0.2) is 0 Å². The van der Waals surface area contributed by atoms with Crippen molar-refractivity contribution in [3.63, 3.8) is 0 Å². The third-order valence-electron chi connectivity index (χ3n) is 2.73. The molecule has 0 fully saturated rings. The van der Waals surface area contributed by atoms with Crippen molar-refractivity contribution in [3.05, 3.63) is 28.2 Å². The van der Waals surface area contributed by atoms with Crippen molar-refractivity contribution in [2.45, 2.75) is 26.2 Å². The molecule has 18 heavy (non-hydrogen) atoms. The van der Waals surface area contributed by atoms with E-state index in [9.17, 15) is 0 Å². The molecule has 0 aliphatic heterocycles. The molecule has 1 aromatic rings. The average molecular weight is 290 g/mol. The Labute approximate surface area is 120 Å². The monoisotopic (exact) mass is 289 g/mol. The summed E-state index contributed by atoms with van der Waals surface area (Å²) in [5.41, 5.74) is 0. The molecule has 1 aromatic carbocycles. The maximum atomic E-state index is 6.02. The van der Waals surface area contributed by atoms with Crippen LogP contribution in [-0.2, 0) is 0 Å². The van der Waals surface area contributed by atoms with Gasteiger partial charge in [-0.2, -0.15) is 0 Å². The average Bonchev–Trinajstić information content (AvgIpc) is 2.34. The first-order valence-corrected chi connectivity index (χ1v) is 7.15. The molecule has 0 aromatic heterocycles. The molecule has 0 atom stereocenters. The van der Waals surface area contributed by atoms with Crippen LogP contribution in [0.5, 0.6) is 5.75 Å². The van der Waals surface area contributed by atoms with Crippen molar-refractivity contribution in [3.8, 4) is 5.75 Å². The van der Waals surface area contributed by atoms with Gasteiger partial charge in [-0.25, -0.2) is 0 Å². The van der Waals surface area contributed by atoms with Gasteiger partial charge < -0.3 is 9.64 Å². The highest BCUT2D eigenvalue weighted by atomic mass is 35.5. The molecular formula is C14H21Cl2NO. The molecule has 2 nitrogen and oxygen atoms in total. The van der Waals surface area contributed by atoms with Crippen LogP contribution in [0, 0.1) is 0 Å². The van der Waals surface area contributed by atoms with E-state index in [-0.39, 0.29) is 0 Å². The van der Waals surface area contributed by atoms with Crippen LogP contribution in [0.2, 0.25) is 10.0 Å². The van der Waals surface area contributed by atoms with Gasteiger partial charge in [-0.15, -0.1) is 0 Å². The van der Waals surface area contributed by atoms with Crippen LogP contribution in [-0.4, -0.2) is 31.6 Å². The minimum atomic E-state index is 0.571. The van der Waals surface area contributed by atoms with Crippen LogP contribution in [0.3, 0.4) is 0 Å². The summed E-state index contributed by atoms with van der Waals surface area (Å²) in [5.74, 6) is 0.706. The van der Waals surface area contributed by atoms with E-state index in [0.29, 0.717) is 22.4 Å². The van der Waals surface area contributed by atoms with Gasteiger partial charge in [-0.3, -0.25) is 0 Å². The molecule has 0 N–H and O–H groups in total. The zero-order valence-electron chi connectivity index (χ0n) is 11.1. The molecule has 0 saturated carbocycles. The van der Waals surface area contributed by atoms with Gasteiger partial charge in [0.1, 0.15) is 5.75 Å². The molecule has 0 aliphatic carbocycles. The van der Waals surface area contributed by atoms with E-state index in [1.54, 1.807) is 12.1 Å². The lowest BCUT2D eigenvalue weighted by Crippen LogP contribution is -2.22. The van der Waals surface area contributed by atoms with Gasteiger partial charge >= 0.3 is 0 Å². The zero-order valence-corrected chi connectivity index (χ0v) is 12.6. The van der Waals surface area contributed by atoms with E-state index >= 15 is 0 Å². The van der Waals surface area contributed by atoms with E-state index in [1.807, 2.05) is 6.07 Å². The predicted molar refractivity (Wildman–Crippen MR) is 79.0 cm³/mol. The summed E-state index contributed by atoms with van der Waals surface area (Å²) in [7, 11) is 2.14. The Hall–Kier alpha value is -0.440. The number of unbranched alkanes of at least 4 members (excludes halogenated alkanes) is 1. The molecule has 0 aliphatic rings. The standard InChI is InChI=1S/C14H21Cl2NO/c1-3-4-8-17(2)9-5-10-18-14-7-6-12(15)11-13(14)16/h6-7,11H,3-5,8-10H2,1-2H3. The Balaban J connectivity index is 2.21. The van der Waals surface area contributed by atoms with Gasteiger partial charge in [-0.05, 0) is 44.6 Å². The Morgan fingerprint density at radius 1 is 1.17 bits per heavy atom. The first kappa shape index (κ1) is 15.6. The third kappa shape index (κ3) is 5.94. The molecule has 0 heterocycles. The largest absolute Gasteiger partial charge is 0.492 e. The van der Waals surface area contributed by atoms with Crippen LogP contribution >= 0.6 is 23.2 Å². The Morgan fingerprint density at radius 2 is 1.89 bits per heavy atom. The quantitative estimate of drug-likeness (QED) is 0.654. The second kappa shape index (κ2) is 8.63.